The van der Waals surface area contributed by atoms with Gasteiger partial charge in [0.25, 0.3) is 0 Å². The molecule has 0 bridgehead atoms. The number of rotatable bonds is 6. The molecular weight excluding hydrogens is 152 g/mol. The molecule has 0 spiro atoms. The van der Waals surface area contributed by atoms with Crippen LogP contribution in [0.25, 0.3) is 0 Å². The molecule has 12 heavy (non-hydrogen) atoms. The minimum Gasteiger partial charge on any atom is -0.385 e. The van der Waals surface area contributed by atoms with E-state index in [2.05, 4.69) is 5.32 Å². The molecule has 1 saturated carbocycles. The number of unbranched alkanes of at least 4 members (excludes halogenated alkanes) is 1. The molecule has 3 nitrogen and oxygen atoms in total. The van der Waals surface area contributed by atoms with Crippen molar-refractivity contribution in [2.24, 2.45) is 5.73 Å². The minimum atomic E-state index is 0.460. The highest BCUT2D eigenvalue weighted by Crippen LogP contribution is 2.16. The van der Waals surface area contributed by atoms with Crippen molar-refractivity contribution in [3.8, 4) is 0 Å². The van der Waals surface area contributed by atoms with E-state index in [1.807, 2.05) is 0 Å². The van der Waals surface area contributed by atoms with E-state index in [9.17, 15) is 0 Å². The highest BCUT2D eigenvalue weighted by molar-refractivity contribution is 4.87. The van der Waals surface area contributed by atoms with Crippen LogP contribution in [0.2, 0.25) is 0 Å². The first-order valence-electron chi connectivity index (χ1n) is 4.81. The molecule has 0 aliphatic heterocycles. The average molecular weight is 172 g/mol. The molecule has 1 rings (SSSR count). The van der Waals surface area contributed by atoms with E-state index < -0.39 is 0 Å². The summed E-state index contributed by atoms with van der Waals surface area (Å²) in [6.07, 6.45) is 4.68. The van der Waals surface area contributed by atoms with E-state index in [1.54, 1.807) is 7.11 Å². The van der Waals surface area contributed by atoms with Crippen LogP contribution in [0.4, 0.5) is 0 Å². The number of nitrogens with two attached hydrogens (primary N) is 1. The number of methoxy groups -OCH3 is 1. The lowest BCUT2D eigenvalue weighted by molar-refractivity contribution is 0.191. The van der Waals surface area contributed by atoms with Crippen molar-refractivity contribution in [3.05, 3.63) is 0 Å². The van der Waals surface area contributed by atoms with Gasteiger partial charge in [0.15, 0.2) is 0 Å². The van der Waals surface area contributed by atoms with E-state index in [1.165, 1.54) is 6.42 Å². The van der Waals surface area contributed by atoms with Crippen LogP contribution in [-0.2, 0) is 4.74 Å². The third kappa shape index (κ3) is 3.52. The summed E-state index contributed by atoms with van der Waals surface area (Å²) >= 11 is 0. The van der Waals surface area contributed by atoms with Crippen LogP contribution >= 0.6 is 0 Å². The Morgan fingerprint density at radius 2 is 2.17 bits per heavy atom. The Kier molecular flexibility index (Phi) is 4.58. The van der Waals surface area contributed by atoms with Crippen LogP contribution < -0.4 is 11.1 Å². The van der Waals surface area contributed by atoms with Crippen LogP contribution in [0, 0.1) is 0 Å². The van der Waals surface area contributed by atoms with Crippen LogP contribution in [0.5, 0.6) is 0 Å². The van der Waals surface area contributed by atoms with Crippen LogP contribution in [-0.4, -0.2) is 32.3 Å². The van der Waals surface area contributed by atoms with Gasteiger partial charge in [-0.2, -0.15) is 0 Å². The summed E-state index contributed by atoms with van der Waals surface area (Å²) in [7, 11) is 1.75. The molecule has 0 saturated heterocycles. The van der Waals surface area contributed by atoms with E-state index >= 15 is 0 Å². The Hall–Kier alpha value is -0.120. The molecule has 0 aromatic heterocycles. The summed E-state index contributed by atoms with van der Waals surface area (Å²) in [5.41, 5.74) is 5.66. The first kappa shape index (κ1) is 9.96. The van der Waals surface area contributed by atoms with Gasteiger partial charge in [-0.1, -0.05) is 0 Å². The van der Waals surface area contributed by atoms with Crippen molar-refractivity contribution in [1.82, 2.24) is 5.32 Å². The van der Waals surface area contributed by atoms with E-state index in [4.69, 9.17) is 10.5 Å². The third-order valence-corrected chi connectivity index (χ3v) is 2.38. The van der Waals surface area contributed by atoms with E-state index in [0.29, 0.717) is 12.1 Å². The topological polar surface area (TPSA) is 47.3 Å². The van der Waals surface area contributed by atoms with Gasteiger partial charge in [-0.25, -0.2) is 0 Å². The molecule has 0 amide bonds. The molecule has 1 aliphatic rings. The Balaban J connectivity index is 1.77. The fourth-order valence-electron chi connectivity index (χ4n) is 1.51. The smallest absolute Gasteiger partial charge is 0.0462 e. The van der Waals surface area contributed by atoms with Gasteiger partial charge in [-0.15, -0.1) is 0 Å². The molecule has 0 radical (unpaired) electrons. The summed E-state index contributed by atoms with van der Waals surface area (Å²) in [6.45, 7) is 1.99. The second-order valence-electron chi connectivity index (χ2n) is 3.58. The quantitative estimate of drug-likeness (QED) is 0.573. The predicted octanol–water partition coefficient (Wildman–Crippen LogP) is 0.492. The number of hydrogen-bond acceptors (Lipinski definition) is 3. The lowest BCUT2D eigenvalue weighted by Crippen LogP contribution is -2.48. The van der Waals surface area contributed by atoms with Gasteiger partial charge in [0.1, 0.15) is 0 Å². The standard InChI is InChI=1S/C9H20N2O/c1-12-5-3-2-4-11-9-6-8(10)7-9/h8-9,11H,2-7,10H2,1H3. The van der Waals surface area contributed by atoms with Crippen molar-refractivity contribution < 1.29 is 4.74 Å². The second-order valence-corrected chi connectivity index (χ2v) is 3.58. The highest BCUT2D eigenvalue weighted by Gasteiger charge is 2.24. The fraction of sp³-hybridized carbons (Fsp3) is 1.00. The zero-order valence-corrected chi connectivity index (χ0v) is 7.88. The Morgan fingerprint density at radius 3 is 2.75 bits per heavy atom. The average Bonchev–Trinajstić information content (AvgIpc) is 2.00. The molecule has 0 aromatic rings. The molecule has 1 aliphatic carbocycles. The maximum absolute atomic E-state index is 5.66. The summed E-state index contributed by atoms with van der Waals surface area (Å²) in [6, 6.07) is 1.16. The molecule has 0 aromatic carbocycles. The highest BCUT2D eigenvalue weighted by atomic mass is 16.5. The fourth-order valence-corrected chi connectivity index (χ4v) is 1.51. The van der Waals surface area contributed by atoms with Gasteiger partial charge in [-0.05, 0) is 32.2 Å². The summed E-state index contributed by atoms with van der Waals surface area (Å²) < 4.78 is 4.96. The first-order chi connectivity index (χ1) is 5.83. The van der Waals surface area contributed by atoms with Gasteiger partial charge < -0.3 is 15.8 Å². The van der Waals surface area contributed by atoms with Crippen molar-refractivity contribution in [3.63, 3.8) is 0 Å². The SMILES string of the molecule is COCCCCNC1CC(N)C1. The Morgan fingerprint density at radius 1 is 1.42 bits per heavy atom. The summed E-state index contributed by atoms with van der Waals surface area (Å²) in [4.78, 5) is 0. The van der Waals surface area contributed by atoms with Gasteiger partial charge in [-0.3, -0.25) is 0 Å². The zero-order valence-electron chi connectivity index (χ0n) is 7.88. The number of nitrogens with one attached hydrogen (secondary N) is 1. The van der Waals surface area contributed by atoms with Gasteiger partial charge >= 0.3 is 0 Å². The maximum Gasteiger partial charge on any atom is 0.0462 e. The van der Waals surface area contributed by atoms with Crippen LogP contribution in [0.3, 0.4) is 0 Å². The Labute approximate surface area is 74.7 Å². The molecule has 1 fully saturated rings. The third-order valence-electron chi connectivity index (χ3n) is 2.38. The molecule has 0 atom stereocenters. The predicted molar refractivity (Wildman–Crippen MR) is 50.1 cm³/mol. The minimum absolute atomic E-state index is 0.460. The first-order valence-corrected chi connectivity index (χ1v) is 4.81. The monoisotopic (exact) mass is 172 g/mol. The second kappa shape index (κ2) is 5.51. The van der Waals surface area contributed by atoms with Gasteiger partial charge in [0.05, 0.1) is 0 Å². The number of ether oxygens (including phenoxy) is 1. The van der Waals surface area contributed by atoms with Crippen molar-refractivity contribution in [1.29, 1.82) is 0 Å². The lowest BCUT2D eigenvalue weighted by Gasteiger charge is -2.33. The number of hydrogen-bond donors (Lipinski definition) is 2. The molecule has 3 N–H and O–H groups in total. The largest absolute Gasteiger partial charge is 0.385 e. The Bertz CT molecular complexity index is 113. The maximum atomic E-state index is 5.66. The molecule has 0 heterocycles. The van der Waals surface area contributed by atoms with Crippen LogP contribution in [0.15, 0.2) is 0 Å². The molecule has 0 unspecified atom stereocenters. The normalized spacial score (nSPS) is 28.5. The van der Waals surface area contributed by atoms with Gasteiger partial charge in [0.2, 0.25) is 0 Å². The summed E-state index contributed by atoms with van der Waals surface area (Å²) in [5, 5.41) is 3.47. The zero-order chi connectivity index (χ0) is 8.81. The van der Waals surface area contributed by atoms with Crippen LogP contribution in [0.1, 0.15) is 25.7 Å². The molecular formula is C9H20N2O. The molecule has 3 heteroatoms. The van der Waals surface area contributed by atoms with Crippen molar-refractivity contribution in [2.75, 3.05) is 20.3 Å². The van der Waals surface area contributed by atoms with Gasteiger partial charge in [0, 0.05) is 25.8 Å². The van der Waals surface area contributed by atoms with E-state index in [-0.39, 0.29) is 0 Å². The van der Waals surface area contributed by atoms with Crippen molar-refractivity contribution in [2.45, 2.75) is 37.8 Å². The lowest BCUT2D eigenvalue weighted by atomic mass is 9.87. The summed E-state index contributed by atoms with van der Waals surface area (Å²) in [5.74, 6) is 0. The van der Waals surface area contributed by atoms with Crippen molar-refractivity contribution >= 4 is 0 Å². The molecule has 72 valence electrons. The van der Waals surface area contributed by atoms with E-state index in [0.717, 1.165) is 32.4 Å².